The van der Waals surface area contributed by atoms with E-state index in [0.29, 0.717) is 17.1 Å². The lowest BCUT2D eigenvalue weighted by Crippen LogP contribution is -2.04. The van der Waals surface area contributed by atoms with Crippen LogP contribution in [-0.2, 0) is 11.3 Å². The topological polar surface area (TPSA) is 78.7 Å². The average Bonchev–Trinajstić information content (AvgIpc) is 2.18. The van der Waals surface area contributed by atoms with E-state index in [-0.39, 0.29) is 6.54 Å². The minimum absolute atomic E-state index is 0.302. The molecule has 0 saturated heterocycles. The van der Waals surface area contributed by atoms with Crippen molar-refractivity contribution in [3.8, 4) is 11.5 Å². The first-order chi connectivity index (χ1) is 7.52. The molecule has 0 unspecified atom stereocenters. The van der Waals surface area contributed by atoms with Gasteiger partial charge in [-0.25, -0.2) is 0 Å². The molecule has 0 atom stereocenters. The first kappa shape index (κ1) is 12.0. The molecule has 6 nitrogen and oxygen atoms in total. The second-order valence-electron chi connectivity index (χ2n) is 3.06. The van der Waals surface area contributed by atoms with E-state index >= 15 is 0 Å². The fourth-order valence-electron chi connectivity index (χ4n) is 1.22. The molecule has 0 aliphatic rings. The number of esters is 1. The number of ether oxygens (including phenoxy) is 2. The molecule has 1 aromatic carbocycles. The molecule has 0 bridgehead atoms. The van der Waals surface area contributed by atoms with Crippen LogP contribution in [0.1, 0.15) is 12.5 Å². The van der Waals surface area contributed by atoms with Gasteiger partial charge in [0.1, 0.15) is 11.5 Å². The predicted octanol–water partition coefficient (Wildman–Crippen LogP) is 1.40. The summed E-state index contributed by atoms with van der Waals surface area (Å²) in [5, 5.41) is 10.4. The Hall–Kier alpha value is -2.11. The third-order valence-electron chi connectivity index (χ3n) is 1.82. The van der Waals surface area contributed by atoms with Crippen molar-refractivity contribution in [1.82, 2.24) is 0 Å². The van der Waals surface area contributed by atoms with Gasteiger partial charge in [0, 0.05) is 17.9 Å². The van der Waals surface area contributed by atoms with Gasteiger partial charge < -0.3 is 9.47 Å². The van der Waals surface area contributed by atoms with Crippen molar-refractivity contribution in [2.75, 3.05) is 7.11 Å². The molecule has 0 heterocycles. The second kappa shape index (κ2) is 5.11. The number of carbonyl (C=O) groups excluding carboxylic acids is 1. The van der Waals surface area contributed by atoms with Gasteiger partial charge in [-0.15, -0.1) is 0 Å². The van der Waals surface area contributed by atoms with E-state index in [2.05, 4.69) is 0 Å². The molecule has 0 amide bonds. The highest BCUT2D eigenvalue weighted by atomic mass is 16.6. The van der Waals surface area contributed by atoms with Crippen LogP contribution in [-0.4, -0.2) is 18.0 Å². The standard InChI is InChI=1S/C10H11NO5/c1-7(12)16-9-4-3-8(6-11(13)14)10(5-9)15-2/h3-5H,6H2,1-2H3. The third-order valence-corrected chi connectivity index (χ3v) is 1.82. The highest BCUT2D eigenvalue weighted by Gasteiger charge is 2.11. The first-order valence-corrected chi connectivity index (χ1v) is 4.50. The number of nitro groups is 1. The molecule has 0 aliphatic heterocycles. The Balaban J connectivity index is 2.96. The van der Waals surface area contributed by atoms with Crippen LogP contribution in [0.5, 0.6) is 11.5 Å². The van der Waals surface area contributed by atoms with Crippen molar-refractivity contribution in [1.29, 1.82) is 0 Å². The quantitative estimate of drug-likeness (QED) is 0.335. The largest absolute Gasteiger partial charge is 0.496 e. The minimum atomic E-state index is -0.455. The summed E-state index contributed by atoms with van der Waals surface area (Å²) in [6, 6.07) is 4.43. The van der Waals surface area contributed by atoms with Gasteiger partial charge in [0.25, 0.3) is 0 Å². The summed E-state index contributed by atoms with van der Waals surface area (Å²) in [4.78, 5) is 20.6. The van der Waals surface area contributed by atoms with Crippen LogP contribution in [0.15, 0.2) is 18.2 Å². The first-order valence-electron chi connectivity index (χ1n) is 4.50. The Kier molecular flexibility index (Phi) is 3.82. The maximum Gasteiger partial charge on any atom is 0.308 e. The van der Waals surface area contributed by atoms with Crippen molar-refractivity contribution in [3.05, 3.63) is 33.9 Å². The van der Waals surface area contributed by atoms with Crippen molar-refractivity contribution < 1.29 is 19.2 Å². The molecule has 0 spiro atoms. The number of carbonyl (C=O) groups is 1. The maximum atomic E-state index is 10.7. The third kappa shape index (κ3) is 3.23. The van der Waals surface area contributed by atoms with Crippen LogP contribution in [0.4, 0.5) is 0 Å². The van der Waals surface area contributed by atoms with Crippen molar-refractivity contribution in [2.24, 2.45) is 0 Å². The smallest absolute Gasteiger partial charge is 0.308 e. The lowest BCUT2D eigenvalue weighted by atomic mass is 10.2. The summed E-state index contributed by atoms with van der Waals surface area (Å²) in [6.07, 6.45) is 0. The minimum Gasteiger partial charge on any atom is -0.496 e. The maximum absolute atomic E-state index is 10.7. The summed E-state index contributed by atoms with van der Waals surface area (Å²) in [5.74, 6) is 0.177. The van der Waals surface area contributed by atoms with Crippen LogP contribution >= 0.6 is 0 Å². The normalized spacial score (nSPS) is 9.62. The van der Waals surface area contributed by atoms with Crippen LogP contribution in [0.2, 0.25) is 0 Å². The molecule has 0 aliphatic carbocycles. The molecule has 16 heavy (non-hydrogen) atoms. The summed E-state index contributed by atoms with van der Waals surface area (Å²) < 4.78 is 9.80. The van der Waals surface area contributed by atoms with Crippen molar-refractivity contribution in [3.63, 3.8) is 0 Å². The van der Waals surface area contributed by atoms with Gasteiger partial charge in [0.05, 0.1) is 12.7 Å². The van der Waals surface area contributed by atoms with Gasteiger partial charge in [-0.3, -0.25) is 14.9 Å². The Labute approximate surface area is 91.9 Å². The number of benzene rings is 1. The number of hydrogen-bond donors (Lipinski definition) is 0. The molecule has 6 heteroatoms. The highest BCUT2D eigenvalue weighted by molar-refractivity contribution is 5.69. The Morgan fingerprint density at radius 1 is 1.50 bits per heavy atom. The zero-order valence-electron chi connectivity index (χ0n) is 8.93. The van der Waals surface area contributed by atoms with Crippen LogP contribution in [0, 0.1) is 10.1 Å². The van der Waals surface area contributed by atoms with Gasteiger partial charge in [0.15, 0.2) is 0 Å². The second-order valence-corrected chi connectivity index (χ2v) is 3.06. The summed E-state index contributed by atoms with van der Waals surface area (Å²) in [6.45, 7) is 0.945. The number of methoxy groups -OCH3 is 1. The summed E-state index contributed by atoms with van der Waals surface area (Å²) in [5.41, 5.74) is 0.434. The Morgan fingerprint density at radius 2 is 2.19 bits per heavy atom. The lowest BCUT2D eigenvalue weighted by molar-refractivity contribution is -0.496. The zero-order valence-corrected chi connectivity index (χ0v) is 8.93. The molecule has 0 aromatic heterocycles. The molecule has 0 radical (unpaired) electrons. The van der Waals surface area contributed by atoms with Crippen LogP contribution in [0.3, 0.4) is 0 Å². The number of rotatable bonds is 4. The molecular formula is C10H11NO5. The molecule has 0 saturated carbocycles. The van der Waals surface area contributed by atoms with E-state index in [1.54, 1.807) is 0 Å². The van der Waals surface area contributed by atoms with Crippen LogP contribution in [0.25, 0.3) is 0 Å². The molecule has 1 aromatic rings. The average molecular weight is 225 g/mol. The van der Waals surface area contributed by atoms with E-state index in [4.69, 9.17) is 9.47 Å². The Morgan fingerprint density at radius 3 is 2.69 bits per heavy atom. The van der Waals surface area contributed by atoms with Gasteiger partial charge in [-0.1, -0.05) is 0 Å². The van der Waals surface area contributed by atoms with Crippen LogP contribution < -0.4 is 9.47 Å². The highest BCUT2D eigenvalue weighted by Crippen LogP contribution is 2.25. The SMILES string of the molecule is COc1cc(OC(C)=O)ccc1C[N+](=O)[O-]. The van der Waals surface area contributed by atoms with E-state index in [9.17, 15) is 14.9 Å². The Bertz CT molecular complexity index is 416. The fraction of sp³-hybridized carbons (Fsp3) is 0.300. The molecule has 86 valence electrons. The van der Waals surface area contributed by atoms with Gasteiger partial charge >= 0.3 is 5.97 Å². The lowest BCUT2D eigenvalue weighted by Gasteiger charge is -2.07. The monoisotopic (exact) mass is 225 g/mol. The van der Waals surface area contributed by atoms with E-state index in [1.807, 2.05) is 0 Å². The van der Waals surface area contributed by atoms with E-state index < -0.39 is 10.9 Å². The van der Waals surface area contributed by atoms with Crippen molar-refractivity contribution in [2.45, 2.75) is 13.5 Å². The summed E-state index contributed by atoms with van der Waals surface area (Å²) >= 11 is 0. The molecule has 0 N–H and O–H groups in total. The zero-order chi connectivity index (χ0) is 12.1. The van der Waals surface area contributed by atoms with E-state index in [0.717, 1.165) is 0 Å². The van der Waals surface area contributed by atoms with Gasteiger partial charge in [0.2, 0.25) is 6.54 Å². The molecular weight excluding hydrogens is 214 g/mol. The molecule has 0 fully saturated rings. The van der Waals surface area contributed by atoms with Gasteiger partial charge in [-0.05, 0) is 12.1 Å². The van der Waals surface area contributed by atoms with E-state index in [1.165, 1.54) is 32.2 Å². The van der Waals surface area contributed by atoms with Crippen molar-refractivity contribution >= 4 is 5.97 Å². The molecule has 1 rings (SSSR count). The number of nitrogens with zero attached hydrogens (tertiary/aromatic N) is 1. The predicted molar refractivity (Wildman–Crippen MR) is 55.0 cm³/mol. The summed E-state index contributed by atoms with van der Waals surface area (Å²) in [7, 11) is 1.40. The number of hydrogen-bond acceptors (Lipinski definition) is 5. The fourth-order valence-corrected chi connectivity index (χ4v) is 1.22. The van der Waals surface area contributed by atoms with Gasteiger partial charge in [-0.2, -0.15) is 0 Å².